The van der Waals surface area contributed by atoms with Crippen molar-refractivity contribution in [2.75, 3.05) is 13.4 Å². The molecule has 194 valence electrons. The first-order valence-corrected chi connectivity index (χ1v) is 12.5. The van der Waals surface area contributed by atoms with Crippen LogP contribution in [0.1, 0.15) is 29.0 Å². The van der Waals surface area contributed by atoms with E-state index in [2.05, 4.69) is 25.1 Å². The van der Waals surface area contributed by atoms with Crippen molar-refractivity contribution in [2.24, 2.45) is 0 Å². The summed E-state index contributed by atoms with van der Waals surface area (Å²) in [6, 6.07) is 8.65. The van der Waals surface area contributed by atoms with Gasteiger partial charge >= 0.3 is 6.36 Å². The maximum atomic E-state index is 13.1. The lowest BCUT2D eigenvalue weighted by atomic mass is 10.1. The molecule has 1 amide bonds. The largest absolute Gasteiger partial charge is 0.573 e. The number of nitrogens with one attached hydrogen (secondary N) is 1. The Hall–Kier alpha value is -4.20. The number of halogens is 3. The molecule has 14 heteroatoms. The van der Waals surface area contributed by atoms with Crippen LogP contribution in [-0.2, 0) is 9.84 Å². The molecule has 1 N–H and O–H groups in total. The van der Waals surface area contributed by atoms with Gasteiger partial charge in [-0.1, -0.05) is 12.1 Å². The molecule has 0 aliphatic heterocycles. The van der Waals surface area contributed by atoms with Gasteiger partial charge in [0.15, 0.2) is 21.4 Å². The summed E-state index contributed by atoms with van der Waals surface area (Å²) in [6.07, 6.45) is -1.26. The minimum absolute atomic E-state index is 0.279. The van der Waals surface area contributed by atoms with E-state index in [9.17, 15) is 26.4 Å². The third-order valence-corrected chi connectivity index (χ3v) is 6.24. The van der Waals surface area contributed by atoms with Gasteiger partial charge in [-0.2, -0.15) is 5.10 Å². The number of aromatic nitrogens is 4. The van der Waals surface area contributed by atoms with Gasteiger partial charge in [-0.3, -0.25) is 4.79 Å². The van der Waals surface area contributed by atoms with Crippen molar-refractivity contribution in [3.63, 3.8) is 0 Å². The van der Waals surface area contributed by atoms with Crippen molar-refractivity contribution in [3.8, 4) is 17.3 Å². The minimum Gasteiger partial charge on any atom is -0.493 e. The van der Waals surface area contributed by atoms with Crippen LogP contribution in [0.5, 0.6) is 11.5 Å². The van der Waals surface area contributed by atoms with Crippen molar-refractivity contribution in [1.82, 2.24) is 25.1 Å². The summed E-state index contributed by atoms with van der Waals surface area (Å²) < 4.78 is 72.8. The van der Waals surface area contributed by atoms with Crippen molar-refractivity contribution < 1.29 is 35.9 Å². The number of benzene rings is 2. The molecule has 1 atom stereocenters. The number of carbonyl (C=O) groups is 1. The van der Waals surface area contributed by atoms with Crippen molar-refractivity contribution in [1.29, 1.82) is 0 Å². The van der Waals surface area contributed by atoms with Gasteiger partial charge in [0.05, 0.1) is 41.5 Å². The molecule has 2 aromatic heterocycles. The van der Waals surface area contributed by atoms with Crippen LogP contribution in [-0.4, -0.2) is 53.8 Å². The minimum atomic E-state index is -5.09. The van der Waals surface area contributed by atoms with E-state index in [0.29, 0.717) is 28.5 Å². The Balaban J connectivity index is 1.73. The second kappa shape index (κ2) is 9.69. The first kappa shape index (κ1) is 25.9. The van der Waals surface area contributed by atoms with Crippen LogP contribution in [0.4, 0.5) is 13.2 Å². The Morgan fingerprint density at radius 3 is 2.35 bits per heavy atom. The number of alkyl halides is 3. The van der Waals surface area contributed by atoms with Gasteiger partial charge in [-0.15, -0.1) is 13.2 Å². The second-order valence-electron chi connectivity index (χ2n) is 7.95. The molecule has 10 nitrogen and oxygen atoms in total. The molecule has 0 bridgehead atoms. The van der Waals surface area contributed by atoms with E-state index in [1.807, 2.05) is 0 Å². The van der Waals surface area contributed by atoms with E-state index in [1.54, 1.807) is 37.4 Å². The predicted octanol–water partition coefficient (Wildman–Crippen LogP) is 3.62. The van der Waals surface area contributed by atoms with Crippen molar-refractivity contribution in [3.05, 3.63) is 66.1 Å². The van der Waals surface area contributed by atoms with Crippen LogP contribution in [0, 0.1) is 0 Å². The van der Waals surface area contributed by atoms with Crippen molar-refractivity contribution >= 4 is 26.8 Å². The van der Waals surface area contributed by atoms with Crippen LogP contribution in [0.15, 0.2) is 59.8 Å². The van der Waals surface area contributed by atoms with E-state index in [-0.39, 0.29) is 11.4 Å². The zero-order valence-corrected chi connectivity index (χ0v) is 20.5. The number of fused-ring (bicyclic) bond motifs is 1. The molecule has 0 radical (unpaired) electrons. The van der Waals surface area contributed by atoms with Crippen LogP contribution in [0.25, 0.3) is 16.9 Å². The van der Waals surface area contributed by atoms with E-state index in [4.69, 9.17) is 4.74 Å². The zero-order valence-electron chi connectivity index (χ0n) is 19.6. The lowest BCUT2D eigenvalue weighted by Crippen LogP contribution is -2.29. The summed E-state index contributed by atoms with van der Waals surface area (Å²) in [6.45, 7) is 1.59. The summed E-state index contributed by atoms with van der Waals surface area (Å²) >= 11 is 0. The number of hydrogen-bond acceptors (Lipinski definition) is 8. The Labute approximate surface area is 209 Å². The first-order chi connectivity index (χ1) is 17.3. The molecule has 37 heavy (non-hydrogen) atoms. The highest BCUT2D eigenvalue weighted by Gasteiger charge is 2.32. The van der Waals surface area contributed by atoms with Gasteiger partial charge in [0.25, 0.3) is 5.91 Å². The predicted molar refractivity (Wildman–Crippen MR) is 125 cm³/mol. The lowest BCUT2D eigenvalue weighted by Gasteiger charge is -2.18. The molecule has 0 aliphatic carbocycles. The fourth-order valence-electron chi connectivity index (χ4n) is 3.45. The summed E-state index contributed by atoms with van der Waals surface area (Å²) in [5, 5.41) is 6.85. The van der Waals surface area contributed by atoms with Gasteiger partial charge in [0.1, 0.15) is 11.4 Å². The topological polar surface area (TPSA) is 125 Å². The Kier molecular flexibility index (Phi) is 6.78. The smallest absolute Gasteiger partial charge is 0.493 e. The average molecular weight is 536 g/mol. The molecule has 4 rings (SSSR count). The molecule has 0 fully saturated rings. The summed E-state index contributed by atoms with van der Waals surface area (Å²) in [4.78, 5) is 21.8. The maximum absolute atomic E-state index is 13.1. The standard InChI is InChI=1S/C23H20F3N5O5S/c1-13(28-22(32)14-8-15(36-23(24,25)26)10-17(9-14)37(3,33)34)20-21(31-12-16(35-2)11-27-31)30-19-7-5-4-6-18(19)29-20/h4-13H,1-3H3,(H,28,32). The van der Waals surface area contributed by atoms with Crippen molar-refractivity contribution in [2.45, 2.75) is 24.2 Å². The van der Waals surface area contributed by atoms with Crippen LogP contribution in [0.2, 0.25) is 0 Å². The number of sulfone groups is 1. The fraction of sp³-hybridized carbons (Fsp3) is 0.217. The maximum Gasteiger partial charge on any atom is 0.573 e. The molecular weight excluding hydrogens is 515 g/mol. The van der Waals surface area contributed by atoms with E-state index >= 15 is 0 Å². The van der Waals surface area contributed by atoms with E-state index in [1.165, 1.54) is 18.0 Å². The Morgan fingerprint density at radius 1 is 1.08 bits per heavy atom. The van der Waals surface area contributed by atoms with E-state index < -0.39 is 38.8 Å². The third kappa shape index (κ3) is 5.97. The number of ether oxygens (including phenoxy) is 2. The molecule has 0 saturated heterocycles. The first-order valence-electron chi connectivity index (χ1n) is 10.6. The number of para-hydroxylation sites is 2. The second-order valence-corrected chi connectivity index (χ2v) is 9.97. The molecule has 4 aromatic rings. The normalized spacial score (nSPS) is 12.8. The van der Waals surface area contributed by atoms with Crippen LogP contribution >= 0.6 is 0 Å². The zero-order chi connectivity index (χ0) is 27.0. The summed E-state index contributed by atoms with van der Waals surface area (Å²) in [5.74, 6) is -0.972. The quantitative estimate of drug-likeness (QED) is 0.381. The Morgan fingerprint density at radius 2 is 1.76 bits per heavy atom. The molecule has 0 saturated carbocycles. The monoisotopic (exact) mass is 535 g/mol. The SMILES string of the molecule is COc1cnn(-c2nc3ccccc3nc2C(C)NC(=O)c2cc(OC(F)(F)F)cc(S(C)(=O)=O)c2)c1. The fourth-order valence-corrected chi connectivity index (χ4v) is 4.12. The summed E-state index contributed by atoms with van der Waals surface area (Å²) in [7, 11) is -2.49. The number of hydrogen-bond donors (Lipinski definition) is 1. The number of amides is 1. The van der Waals surface area contributed by atoms with Crippen LogP contribution < -0.4 is 14.8 Å². The summed E-state index contributed by atoms with van der Waals surface area (Å²) in [5.41, 5.74) is 1.03. The molecule has 0 aliphatic rings. The number of rotatable bonds is 7. The highest BCUT2D eigenvalue weighted by molar-refractivity contribution is 7.90. The highest BCUT2D eigenvalue weighted by Crippen LogP contribution is 2.28. The van der Waals surface area contributed by atoms with Gasteiger partial charge in [-0.25, -0.2) is 23.1 Å². The van der Waals surface area contributed by atoms with Gasteiger partial charge < -0.3 is 14.8 Å². The number of carbonyl (C=O) groups excluding carboxylic acids is 1. The van der Waals surface area contributed by atoms with Gasteiger partial charge in [-0.05, 0) is 37.3 Å². The molecular formula is C23H20F3N5O5S. The van der Waals surface area contributed by atoms with Gasteiger partial charge in [0.2, 0.25) is 0 Å². The molecule has 1 unspecified atom stereocenters. The van der Waals surface area contributed by atoms with E-state index in [0.717, 1.165) is 18.4 Å². The average Bonchev–Trinajstić information content (AvgIpc) is 3.30. The molecule has 0 spiro atoms. The van der Waals surface area contributed by atoms with Gasteiger partial charge in [0, 0.05) is 11.8 Å². The van der Waals surface area contributed by atoms with Crippen LogP contribution in [0.3, 0.4) is 0 Å². The molecule has 2 heterocycles. The third-order valence-electron chi connectivity index (χ3n) is 5.15. The lowest BCUT2D eigenvalue weighted by molar-refractivity contribution is -0.274. The Bertz CT molecular complexity index is 1590. The highest BCUT2D eigenvalue weighted by atomic mass is 32.2. The number of methoxy groups -OCH3 is 1. The number of nitrogens with zero attached hydrogens (tertiary/aromatic N) is 4. The molecule has 2 aromatic carbocycles.